The molecule has 2 saturated carbocycles. The van der Waals surface area contributed by atoms with Crippen LogP contribution in [0.15, 0.2) is 0 Å². The molecular weight excluding hydrogens is 278 g/mol. The number of nitrogens with zero attached hydrogens (tertiary/aromatic N) is 1. The van der Waals surface area contributed by atoms with Gasteiger partial charge in [0.1, 0.15) is 0 Å². The Morgan fingerprint density at radius 2 is 1.95 bits per heavy atom. The largest absolute Gasteiger partial charge is 0.481 e. The lowest BCUT2D eigenvalue weighted by molar-refractivity contribution is -0.183. The van der Waals surface area contributed by atoms with Crippen molar-refractivity contribution in [1.29, 1.82) is 0 Å². The minimum absolute atomic E-state index is 0.287. The highest BCUT2D eigenvalue weighted by atomic mass is 16.5. The summed E-state index contributed by atoms with van der Waals surface area (Å²) < 4.78 is 6.05. The molecule has 4 nitrogen and oxygen atoms in total. The summed E-state index contributed by atoms with van der Waals surface area (Å²) in [4.78, 5) is 13.4. The van der Waals surface area contributed by atoms with Crippen molar-refractivity contribution < 1.29 is 14.6 Å². The molecular formula is C18H33NO3. The van der Waals surface area contributed by atoms with E-state index in [9.17, 15) is 4.79 Å². The fourth-order valence-corrected chi connectivity index (χ4v) is 4.68. The van der Waals surface area contributed by atoms with Gasteiger partial charge in [0.15, 0.2) is 0 Å². The van der Waals surface area contributed by atoms with Gasteiger partial charge in [-0.1, -0.05) is 26.2 Å². The molecule has 2 unspecified atom stereocenters. The van der Waals surface area contributed by atoms with Crippen LogP contribution in [0, 0.1) is 5.41 Å². The summed E-state index contributed by atoms with van der Waals surface area (Å²) in [5, 5.41) is 8.88. The van der Waals surface area contributed by atoms with Crippen LogP contribution >= 0.6 is 0 Å². The van der Waals surface area contributed by atoms with Crippen LogP contribution in [0.2, 0.25) is 0 Å². The molecule has 0 bridgehead atoms. The van der Waals surface area contributed by atoms with Crippen LogP contribution in [-0.4, -0.2) is 47.8 Å². The smallest absolute Gasteiger partial charge is 0.303 e. The van der Waals surface area contributed by atoms with Gasteiger partial charge in [0.2, 0.25) is 0 Å². The van der Waals surface area contributed by atoms with E-state index in [1.165, 1.54) is 32.1 Å². The Morgan fingerprint density at radius 3 is 2.55 bits per heavy atom. The van der Waals surface area contributed by atoms with E-state index < -0.39 is 5.97 Å². The van der Waals surface area contributed by atoms with Crippen molar-refractivity contribution in [3.05, 3.63) is 0 Å². The third-order valence-electron chi connectivity index (χ3n) is 5.68. The number of aliphatic carboxylic acids is 1. The lowest BCUT2D eigenvalue weighted by atomic mass is 9.54. The Bertz CT molecular complexity index is 352. The standard InChI is InChI=1S/C18H33NO3/c1-3-12-19(13-8-9-17(20)21)15-14-16(22-4-2)18(15)10-6-5-7-11-18/h15-16H,3-14H2,1-2H3,(H,20,21). The first-order chi connectivity index (χ1) is 10.6. The van der Waals surface area contributed by atoms with E-state index in [0.29, 0.717) is 17.6 Å². The number of carboxylic acids is 1. The molecule has 2 atom stereocenters. The zero-order chi connectivity index (χ0) is 16.0. The molecule has 1 spiro atoms. The van der Waals surface area contributed by atoms with Crippen molar-refractivity contribution in [2.45, 2.75) is 83.8 Å². The Morgan fingerprint density at radius 1 is 1.23 bits per heavy atom. The minimum Gasteiger partial charge on any atom is -0.481 e. The number of carboxylic acid groups (broad SMARTS) is 1. The van der Waals surface area contributed by atoms with Gasteiger partial charge in [-0.2, -0.15) is 0 Å². The summed E-state index contributed by atoms with van der Waals surface area (Å²) in [6.07, 6.45) is 10.4. The minimum atomic E-state index is -0.676. The SMILES string of the molecule is CCCN(CCCC(=O)O)C1CC(OCC)C12CCCCC2. The molecule has 2 fully saturated rings. The fraction of sp³-hybridized carbons (Fsp3) is 0.944. The number of hydrogen-bond donors (Lipinski definition) is 1. The molecule has 0 aliphatic heterocycles. The Hall–Kier alpha value is -0.610. The number of hydrogen-bond acceptors (Lipinski definition) is 3. The molecule has 0 amide bonds. The van der Waals surface area contributed by atoms with Crippen molar-refractivity contribution in [2.24, 2.45) is 5.41 Å². The predicted octanol–water partition coefficient (Wildman–Crippen LogP) is 3.69. The van der Waals surface area contributed by atoms with Crippen LogP contribution in [0.25, 0.3) is 0 Å². The van der Waals surface area contributed by atoms with Crippen molar-refractivity contribution in [2.75, 3.05) is 19.7 Å². The van der Waals surface area contributed by atoms with E-state index in [4.69, 9.17) is 9.84 Å². The third-order valence-corrected chi connectivity index (χ3v) is 5.68. The first kappa shape index (κ1) is 17.7. The lowest BCUT2D eigenvalue weighted by Crippen LogP contribution is -2.65. The third kappa shape index (κ3) is 3.83. The summed E-state index contributed by atoms with van der Waals surface area (Å²) in [6.45, 7) is 7.14. The molecule has 128 valence electrons. The van der Waals surface area contributed by atoms with Gasteiger partial charge in [-0.3, -0.25) is 9.69 Å². The molecule has 0 radical (unpaired) electrons. The van der Waals surface area contributed by atoms with Crippen LogP contribution in [0.4, 0.5) is 0 Å². The second-order valence-electron chi connectivity index (χ2n) is 7.02. The van der Waals surface area contributed by atoms with Crippen molar-refractivity contribution in [1.82, 2.24) is 4.90 Å². The monoisotopic (exact) mass is 311 g/mol. The van der Waals surface area contributed by atoms with Crippen LogP contribution in [0.5, 0.6) is 0 Å². The zero-order valence-electron chi connectivity index (χ0n) is 14.4. The van der Waals surface area contributed by atoms with Crippen LogP contribution in [0.3, 0.4) is 0 Å². The quantitative estimate of drug-likeness (QED) is 0.705. The maximum Gasteiger partial charge on any atom is 0.303 e. The number of rotatable bonds is 9. The highest BCUT2D eigenvalue weighted by Crippen LogP contribution is 2.55. The zero-order valence-corrected chi connectivity index (χ0v) is 14.4. The van der Waals surface area contributed by atoms with Gasteiger partial charge in [0.05, 0.1) is 6.10 Å². The lowest BCUT2D eigenvalue weighted by Gasteiger charge is -2.61. The summed E-state index contributed by atoms with van der Waals surface area (Å²) in [5.74, 6) is -0.676. The van der Waals surface area contributed by atoms with E-state index in [1.54, 1.807) is 0 Å². The number of ether oxygens (including phenoxy) is 1. The van der Waals surface area contributed by atoms with Gasteiger partial charge in [-0.05, 0) is 52.1 Å². The normalized spacial score (nSPS) is 27.0. The second-order valence-corrected chi connectivity index (χ2v) is 7.02. The van der Waals surface area contributed by atoms with E-state index in [2.05, 4.69) is 18.7 Å². The van der Waals surface area contributed by atoms with Crippen molar-refractivity contribution in [3.63, 3.8) is 0 Å². The summed E-state index contributed by atoms with van der Waals surface area (Å²) >= 11 is 0. The molecule has 0 aromatic carbocycles. The summed E-state index contributed by atoms with van der Waals surface area (Å²) in [5.41, 5.74) is 0.354. The Balaban J connectivity index is 2.00. The van der Waals surface area contributed by atoms with Crippen LogP contribution in [0.1, 0.15) is 71.6 Å². The van der Waals surface area contributed by atoms with Crippen LogP contribution < -0.4 is 0 Å². The molecule has 2 rings (SSSR count). The first-order valence-corrected chi connectivity index (χ1v) is 9.21. The predicted molar refractivity (Wildman–Crippen MR) is 88.1 cm³/mol. The molecule has 1 N–H and O–H groups in total. The first-order valence-electron chi connectivity index (χ1n) is 9.21. The van der Waals surface area contributed by atoms with E-state index in [1.807, 2.05) is 0 Å². The molecule has 2 aliphatic carbocycles. The average molecular weight is 311 g/mol. The topological polar surface area (TPSA) is 49.8 Å². The second kappa shape index (κ2) is 8.30. The van der Waals surface area contributed by atoms with Gasteiger partial charge in [0, 0.05) is 24.5 Å². The van der Waals surface area contributed by atoms with Crippen molar-refractivity contribution in [3.8, 4) is 0 Å². The Kier molecular flexibility index (Phi) is 6.69. The molecule has 0 aromatic rings. The summed E-state index contributed by atoms with van der Waals surface area (Å²) in [7, 11) is 0. The average Bonchev–Trinajstić information content (AvgIpc) is 2.51. The molecule has 0 heterocycles. The molecule has 22 heavy (non-hydrogen) atoms. The molecule has 4 heteroatoms. The van der Waals surface area contributed by atoms with E-state index in [0.717, 1.165) is 39.0 Å². The van der Waals surface area contributed by atoms with E-state index >= 15 is 0 Å². The van der Waals surface area contributed by atoms with Gasteiger partial charge in [0.25, 0.3) is 0 Å². The van der Waals surface area contributed by atoms with Gasteiger partial charge in [-0.25, -0.2) is 0 Å². The summed E-state index contributed by atoms with van der Waals surface area (Å²) in [6, 6.07) is 0.609. The number of carbonyl (C=O) groups is 1. The highest BCUT2D eigenvalue weighted by molar-refractivity contribution is 5.66. The van der Waals surface area contributed by atoms with Crippen LogP contribution in [-0.2, 0) is 9.53 Å². The maximum absolute atomic E-state index is 10.8. The molecule has 0 aromatic heterocycles. The van der Waals surface area contributed by atoms with E-state index in [-0.39, 0.29) is 6.42 Å². The molecule has 0 saturated heterocycles. The van der Waals surface area contributed by atoms with Gasteiger partial charge in [-0.15, -0.1) is 0 Å². The van der Waals surface area contributed by atoms with Gasteiger partial charge < -0.3 is 9.84 Å². The maximum atomic E-state index is 10.8. The fourth-order valence-electron chi connectivity index (χ4n) is 4.68. The van der Waals surface area contributed by atoms with Gasteiger partial charge >= 0.3 is 5.97 Å². The Labute approximate surface area is 135 Å². The van der Waals surface area contributed by atoms with Crippen molar-refractivity contribution >= 4 is 5.97 Å². The highest BCUT2D eigenvalue weighted by Gasteiger charge is 2.57. The molecule has 2 aliphatic rings.